The van der Waals surface area contributed by atoms with Crippen LogP contribution in [-0.2, 0) is 11.3 Å². The summed E-state index contributed by atoms with van der Waals surface area (Å²) in [5.74, 6) is 0.649. The van der Waals surface area contributed by atoms with Gasteiger partial charge in [0.1, 0.15) is 0 Å². The summed E-state index contributed by atoms with van der Waals surface area (Å²) in [5, 5.41) is 0. The van der Waals surface area contributed by atoms with Crippen molar-refractivity contribution in [1.29, 1.82) is 0 Å². The highest BCUT2D eigenvalue weighted by Gasteiger charge is 2.13. The van der Waals surface area contributed by atoms with Gasteiger partial charge >= 0.3 is 0 Å². The lowest BCUT2D eigenvalue weighted by Gasteiger charge is -2.19. The summed E-state index contributed by atoms with van der Waals surface area (Å²) in [6.07, 6.45) is 0. The van der Waals surface area contributed by atoms with Gasteiger partial charge in [0.05, 0.1) is 20.8 Å². The Balaban J connectivity index is 1.89. The number of methoxy groups -OCH3 is 2. The van der Waals surface area contributed by atoms with Crippen LogP contribution in [0.3, 0.4) is 0 Å². The van der Waals surface area contributed by atoms with Crippen molar-refractivity contribution >= 4 is 11.8 Å². The van der Waals surface area contributed by atoms with Gasteiger partial charge in [0.2, 0.25) is 0 Å². The fourth-order valence-corrected chi connectivity index (χ4v) is 2.61. The number of likely N-dealkylation sites (N-methyl/N-ethyl adjacent to an activating group) is 1. The number of carbonyl (C=O) groups is 2. The van der Waals surface area contributed by atoms with E-state index >= 15 is 0 Å². The van der Waals surface area contributed by atoms with Crippen LogP contribution in [0.15, 0.2) is 42.5 Å². The van der Waals surface area contributed by atoms with Crippen molar-refractivity contribution in [1.82, 2.24) is 15.8 Å². The second-order valence-corrected chi connectivity index (χ2v) is 6.17. The van der Waals surface area contributed by atoms with Crippen LogP contribution in [0.2, 0.25) is 0 Å². The number of ether oxygens (including phenoxy) is 2. The molecule has 7 heteroatoms. The molecule has 0 aliphatic rings. The number of amides is 2. The molecule has 0 spiro atoms. The highest BCUT2D eigenvalue weighted by molar-refractivity contribution is 5.95. The van der Waals surface area contributed by atoms with Crippen molar-refractivity contribution in [3.8, 4) is 11.5 Å². The summed E-state index contributed by atoms with van der Waals surface area (Å²) < 4.78 is 10.6. The van der Waals surface area contributed by atoms with Gasteiger partial charge in [-0.3, -0.25) is 25.3 Å². The Labute approximate surface area is 159 Å². The number of nitrogens with zero attached hydrogens (tertiary/aromatic N) is 1. The Morgan fingerprint density at radius 1 is 1.00 bits per heavy atom. The number of nitrogens with one attached hydrogen (secondary N) is 2. The highest BCUT2D eigenvalue weighted by Crippen LogP contribution is 2.30. The van der Waals surface area contributed by atoms with E-state index in [0.29, 0.717) is 23.6 Å². The van der Waals surface area contributed by atoms with Gasteiger partial charge in [-0.15, -0.1) is 0 Å². The van der Waals surface area contributed by atoms with E-state index in [9.17, 15) is 9.59 Å². The van der Waals surface area contributed by atoms with Crippen LogP contribution in [0.1, 0.15) is 21.5 Å². The minimum absolute atomic E-state index is 0.128. The minimum atomic E-state index is -0.359. The third-order valence-electron chi connectivity index (χ3n) is 4.05. The molecule has 2 amide bonds. The Kier molecular flexibility index (Phi) is 7.19. The molecule has 0 aliphatic heterocycles. The van der Waals surface area contributed by atoms with E-state index in [1.165, 1.54) is 0 Å². The van der Waals surface area contributed by atoms with Crippen LogP contribution in [0, 0.1) is 6.92 Å². The van der Waals surface area contributed by atoms with Gasteiger partial charge in [-0.05, 0) is 49.4 Å². The van der Waals surface area contributed by atoms with Gasteiger partial charge in [0, 0.05) is 12.1 Å². The Bertz CT molecular complexity index is 793. The maximum absolute atomic E-state index is 12.1. The number of aryl methyl sites for hydroxylation is 1. The summed E-state index contributed by atoms with van der Waals surface area (Å²) in [5.41, 5.74) is 7.38. The average Bonchev–Trinajstić information content (AvgIpc) is 2.67. The smallest absolute Gasteiger partial charge is 0.269 e. The second-order valence-electron chi connectivity index (χ2n) is 6.17. The largest absolute Gasteiger partial charge is 0.493 e. The molecule has 2 aromatic rings. The minimum Gasteiger partial charge on any atom is -0.493 e. The summed E-state index contributed by atoms with van der Waals surface area (Å²) in [6, 6.07) is 12.5. The molecule has 27 heavy (non-hydrogen) atoms. The molecule has 2 aromatic carbocycles. The molecule has 0 fully saturated rings. The summed E-state index contributed by atoms with van der Waals surface area (Å²) >= 11 is 0. The van der Waals surface area contributed by atoms with E-state index in [4.69, 9.17) is 9.47 Å². The third kappa shape index (κ3) is 5.72. The van der Waals surface area contributed by atoms with E-state index in [2.05, 4.69) is 10.9 Å². The summed E-state index contributed by atoms with van der Waals surface area (Å²) in [6.45, 7) is 2.65. The average molecular weight is 371 g/mol. The van der Waals surface area contributed by atoms with Crippen molar-refractivity contribution in [3.05, 3.63) is 59.2 Å². The molecule has 0 bridgehead atoms. The zero-order chi connectivity index (χ0) is 19.8. The zero-order valence-electron chi connectivity index (χ0n) is 16.0. The quantitative estimate of drug-likeness (QED) is 0.727. The molecular weight excluding hydrogens is 346 g/mol. The van der Waals surface area contributed by atoms with Crippen molar-refractivity contribution in [2.24, 2.45) is 0 Å². The normalized spacial score (nSPS) is 10.4. The summed E-state index contributed by atoms with van der Waals surface area (Å²) in [7, 11) is 5.01. The van der Waals surface area contributed by atoms with E-state index in [1.807, 2.05) is 37.1 Å². The van der Waals surface area contributed by atoms with Crippen LogP contribution < -0.4 is 20.3 Å². The van der Waals surface area contributed by atoms with Gasteiger partial charge < -0.3 is 9.47 Å². The van der Waals surface area contributed by atoms with Crippen LogP contribution in [-0.4, -0.2) is 44.5 Å². The number of rotatable bonds is 7. The lowest BCUT2D eigenvalue weighted by molar-refractivity contribution is -0.122. The van der Waals surface area contributed by atoms with Gasteiger partial charge in [-0.2, -0.15) is 0 Å². The predicted octanol–water partition coefficient (Wildman–Crippen LogP) is 1.91. The maximum atomic E-state index is 12.1. The number of hydrazine groups is 1. The highest BCUT2D eigenvalue weighted by atomic mass is 16.5. The molecule has 2 rings (SSSR count). The van der Waals surface area contributed by atoms with Crippen molar-refractivity contribution < 1.29 is 19.1 Å². The SMILES string of the molecule is COc1cc(C)c(CN(C)CC(=O)NNC(=O)c2ccccc2)cc1OC. The van der Waals surface area contributed by atoms with Crippen LogP contribution >= 0.6 is 0 Å². The molecule has 7 nitrogen and oxygen atoms in total. The number of carbonyl (C=O) groups excluding carboxylic acids is 2. The first-order chi connectivity index (χ1) is 12.9. The van der Waals surface area contributed by atoms with Crippen molar-refractivity contribution in [3.63, 3.8) is 0 Å². The molecule has 0 aromatic heterocycles. The second kappa shape index (κ2) is 9.59. The molecule has 0 atom stereocenters. The molecule has 0 radical (unpaired) electrons. The van der Waals surface area contributed by atoms with E-state index < -0.39 is 0 Å². The van der Waals surface area contributed by atoms with E-state index in [-0.39, 0.29) is 18.4 Å². The molecule has 0 saturated heterocycles. The first kappa shape index (κ1) is 20.3. The number of benzene rings is 2. The number of hydrogen-bond donors (Lipinski definition) is 2. The van der Waals surface area contributed by atoms with Crippen LogP contribution in [0.25, 0.3) is 0 Å². The fourth-order valence-electron chi connectivity index (χ4n) is 2.61. The predicted molar refractivity (Wildman–Crippen MR) is 103 cm³/mol. The maximum Gasteiger partial charge on any atom is 0.269 e. The summed E-state index contributed by atoms with van der Waals surface area (Å²) in [4.78, 5) is 25.9. The van der Waals surface area contributed by atoms with Crippen LogP contribution in [0.5, 0.6) is 11.5 Å². The first-order valence-corrected chi connectivity index (χ1v) is 8.49. The topological polar surface area (TPSA) is 79.9 Å². The standard InChI is InChI=1S/C20H25N3O4/c1-14-10-17(26-3)18(27-4)11-16(14)12-23(2)13-19(24)21-22-20(25)15-8-6-5-7-9-15/h5-11H,12-13H2,1-4H3,(H,21,24)(H,22,25). The van der Waals surface area contributed by atoms with Crippen molar-refractivity contribution in [2.75, 3.05) is 27.8 Å². The van der Waals surface area contributed by atoms with E-state index in [0.717, 1.165) is 11.1 Å². The first-order valence-electron chi connectivity index (χ1n) is 8.49. The Morgan fingerprint density at radius 2 is 1.63 bits per heavy atom. The monoisotopic (exact) mass is 371 g/mol. The number of hydrogen-bond acceptors (Lipinski definition) is 5. The zero-order valence-corrected chi connectivity index (χ0v) is 16.0. The van der Waals surface area contributed by atoms with Crippen molar-refractivity contribution in [2.45, 2.75) is 13.5 Å². The molecule has 0 saturated carbocycles. The van der Waals surface area contributed by atoms with Gasteiger partial charge in [0.15, 0.2) is 11.5 Å². The Hall–Kier alpha value is -3.06. The molecule has 2 N–H and O–H groups in total. The molecular formula is C20H25N3O4. The lowest BCUT2D eigenvalue weighted by atomic mass is 10.1. The van der Waals surface area contributed by atoms with Crippen LogP contribution in [0.4, 0.5) is 0 Å². The molecule has 0 aliphatic carbocycles. The lowest BCUT2D eigenvalue weighted by Crippen LogP contribution is -2.45. The van der Waals surface area contributed by atoms with Gasteiger partial charge in [-0.25, -0.2) is 0 Å². The fraction of sp³-hybridized carbons (Fsp3) is 0.300. The van der Waals surface area contributed by atoms with Gasteiger partial charge in [0.25, 0.3) is 11.8 Å². The third-order valence-corrected chi connectivity index (χ3v) is 4.05. The van der Waals surface area contributed by atoms with Gasteiger partial charge in [-0.1, -0.05) is 18.2 Å². The Morgan fingerprint density at radius 3 is 2.26 bits per heavy atom. The van der Waals surface area contributed by atoms with E-state index in [1.54, 1.807) is 38.5 Å². The molecule has 0 heterocycles. The molecule has 144 valence electrons. The molecule has 0 unspecified atom stereocenters.